The monoisotopic (exact) mass is 349 g/mol. The molecule has 21 heavy (non-hydrogen) atoms. The van der Waals surface area contributed by atoms with Crippen LogP contribution in [-0.4, -0.2) is 22.1 Å². The second-order valence-corrected chi connectivity index (χ2v) is 5.26. The zero-order chi connectivity index (χ0) is 15.6. The number of halogens is 1. The van der Waals surface area contributed by atoms with Crippen molar-refractivity contribution in [2.75, 3.05) is 5.32 Å². The second-order valence-electron chi connectivity index (χ2n) is 4.40. The quantitative estimate of drug-likeness (QED) is 0.792. The minimum atomic E-state index is -1.04. The minimum absolute atomic E-state index is 0.0444. The number of carbonyl (C=O) groups is 2. The summed E-state index contributed by atoms with van der Waals surface area (Å²) in [5.41, 5.74) is 1.40. The average molecular weight is 350 g/mol. The van der Waals surface area contributed by atoms with E-state index in [1.165, 1.54) is 24.3 Å². The molecule has 0 spiro atoms. The highest BCUT2D eigenvalue weighted by atomic mass is 79.9. The third kappa shape index (κ3) is 3.22. The molecule has 2 aromatic carbocycles. The van der Waals surface area contributed by atoms with Gasteiger partial charge in [-0.2, -0.15) is 0 Å². The summed E-state index contributed by atoms with van der Waals surface area (Å²) in [5, 5.41) is 21.2. The normalized spacial score (nSPS) is 10.2. The van der Waals surface area contributed by atoms with E-state index in [4.69, 9.17) is 5.11 Å². The van der Waals surface area contributed by atoms with Gasteiger partial charge in [-0.05, 0) is 53.2 Å². The molecule has 0 fully saturated rings. The number of anilines is 1. The van der Waals surface area contributed by atoms with Gasteiger partial charge < -0.3 is 15.5 Å². The molecule has 6 heteroatoms. The van der Waals surface area contributed by atoms with Crippen molar-refractivity contribution >= 4 is 33.5 Å². The number of rotatable bonds is 3. The zero-order valence-electron chi connectivity index (χ0n) is 11.1. The van der Waals surface area contributed by atoms with E-state index in [0.29, 0.717) is 21.3 Å². The van der Waals surface area contributed by atoms with Crippen LogP contribution in [0.2, 0.25) is 0 Å². The van der Waals surface area contributed by atoms with E-state index in [2.05, 4.69) is 21.2 Å². The zero-order valence-corrected chi connectivity index (χ0v) is 12.6. The number of hydrogen-bond acceptors (Lipinski definition) is 3. The van der Waals surface area contributed by atoms with Crippen molar-refractivity contribution in [1.29, 1.82) is 0 Å². The average Bonchev–Trinajstić information content (AvgIpc) is 2.43. The van der Waals surface area contributed by atoms with Crippen LogP contribution in [0.25, 0.3) is 0 Å². The lowest BCUT2D eigenvalue weighted by Gasteiger charge is -2.10. The van der Waals surface area contributed by atoms with Gasteiger partial charge in [0.25, 0.3) is 5.91 Å². The molecule has 0 saturated carbocycles. The van der Waals surface area contributed by atoms with Gasteiger partial charge in [-0.15, -0.1) is 0 Å². The Labute approximate surface area is 129 Å². The SMILES string of the molecule is Cc1c(O)cccc1C(=O)Nc1ccc(C(=O)O)cc1Br. The smallest absolute Gasteiger partial charge is 0.335 e. The summed E-state index contributed by atoms with van der Waals surface area (Å²) in [6.07, 6.45) is 0. The summed E-state index contributed by atoms with van der Waals surface area (Å²) in [7, 11) is 0. The van der Waals surface area contributed by atoms with Crippen molar-refractivity contribution in [1.82, 2.24) is 0 Å². The Morgan fingerprint density at radius 2 is 1.90 bits per heavy atom. The van der Waals surface area contributed by atoms with Gasteiger partial charge in [0.2, 0.25) is 0 Å². The van der Waals surface area contributed by atoms with Crippen LogP contribution in [0.15, 0.2) is 40.9 Å². The van der Waals surface area contributed by atoms with Gasteiger partial charge in [-0.3, -0.25) is 4.79 Å². The highest BCUT2D eigenvalue weighted by molar-refractivity contribution is 9.10. The third-order valence-electron chi connectivity index (χ3n) is 3.01. The lowest BCUT2D eigenvalue weighted by Crippen LogP contribution is -2.14. The fourth-order valence-electron chi connectivity index (χ4n) is 1.81. The molecule has 0 radical (unpaired) electrons. The predicted molar refractivity (Wildman–Crippen MR) is 81.9 cm³/mol. The topological polar surface area (TPSA) is 86.6 Å². The fourth-order valence-corrected chi connectivity index (χ4v) is 2.29. The van der Waals surface area contributed by atoms with E-state index >= 15 is 0 Å². The number of amides is 1. The summed E-state index contributed by atoms with van der Waals surface area (Å²) >= 11 is 3.22. The predicted octanol–water partition coefficient (Wildman–Crippen LogP) is 3.41. The highest BCUT2D eigenvalue weighted by Gasteiger charge is 2.14. The number of benzene rings is 2. The Hall–Kier alpha value is -2.34. The molecule has 5 nitrogen and oxygen atoms in total. The molecule has 0 atom stereocenters. The first-order chi connectivity index (χ1) is 9.90. The highest BCUT2D eigenvalue weighted by Crippen LogP contribution is 2.26. The molecular formula is C15H12BrNO4. The van der Waals surface area contributed by atoms with Crippen LogP contribution >= 0.6 is 15.9 Å². The number of carbonyl (C=O) groups excluding carboxylic acids is 1. The van der Waals surface area contributed by atoms with Gasteiger partial charge >= 0.3 is 5.97 Å². The standard InChI is InChI=1S/C15H12BrNO4/c1-8-10(3-2-4-13(8)18)14(19)17-12-6-5-9(15(20)21)7-11(12)16/h2-7,18H,1H3,(H,17,19)(H,20,21). The molecule has 0 aliphatic rings. The van der Waals surface area contributed by atoms with Crippen molar-refractivity contribution in [3.63, 3.8) is 0 Å². The number of phenols is 1. The van der Waals surface area contributed by atoms with Gasteiger partial charge in [-0.25, -0.2) is 4.79 Å². The maximum absolute atomic E-state index is 12.2. The van der Waals surface area contributed by atoms with Crippen LogP contribution < -0.4 is 5.32 Å². The summed E-state index contributed by atoms with van der Waals surface area (Å²) in [6.45, 7) is 1.65. The number of nitrogens with one attached hydrogen (secondary N) is 1. The number of hydrogen-bond donors (Lipinski definition) is 3. The Kier molecular flexibility index (Phi) is 4.28. The molecule has 0 aliphatic heterocycles. The Bertz CT molecular complexity index is 728. The van der Waals surface area contributed by atoms with Crippen LogP contribution in [-0.2, 0) is 0 Å². The lowest BCUT2D eigenvalue weighted by molar-refractivity contribution is 0.0696. The van der Waals surface area contributed by atoms with E-state index in [9.17, 15) is 14.7 Å². The van der Waals surface area contributed by atoms with Crippen LogP contribution in [0.4, 0.5) is 5.69 Å². The third-order valence-corrected chi connectivity index (χ3v) is 3.67. The number of carboxylic acid groups (broad SMARTS) is 1. The van der Waals surface area contributed by atoms with E-state index < -0.39 is 5.97 Å². The summed E-state index contributed by atoms with van der Waals surface area (Å²) in [6, 6.07) is 9.00. The molecule has 108 valence electrons. The summed E-state index contributed by atoms with van der Waals surface area (Å²) in [4.78, 5) is 23.1. The molecule has 0 saturated heterocycles. The van der Waals surface area contributed by atoms with E-state index in [1.54, 1.807) is 19.1 Å². The summed E-state index contributed by atoms with van der Waals surface area (Å²) in [5.74, 6) is -1.38. The van der Waals surface area contributed by atoms with E-state index in [-0.39, 0.29) is 17.2 Å². The molecule has 0 unspecified atom stereocenters. The molecular weight excluding hydrogens is 338 g/mol. The van der Waals surface area contributed by atoms with Crippen molar-refractivity contribution in [3.05, 3.63) is 57.6 Å². The van der Waals surface area contributed by atoms with Gasteiger partial charge in [0.05, 0.1) is 11.3 Å². The van der Waals surface area contributed by atoms with E-state index in [1.807, 2.05) is 0 Å². The van der Waals surface area contributed by atoms with E-state index in [0.717, 1.165) is 0 Å². The molecule has 2 rings (SSSR count). The van der Waals surface area contributed by atoms with Crippen LogP contribution in [0.5, 0.6) is 5.75 Å². The maximum Gasteiger partial charge on any atom is 0.335 e. The number of phenolic OH excluding ortho intramolecular Hbond substituents is 1. The molecule has 0 heterocycles. The van der Waals surface area contributed by atoms with Crippen molar-refractivity contribution in [2.45, 2.75) is 6.92 Å². The van der Waals surface area contributed by atoms with Gasteiger partial charge in [0, 0.05) is 15.6 Å². The lowest BCUT2D eigenvalue weighted by atomic mass is 10.1. The largest absolute Gasteiger partial charge is 0.508 e. The fraction of sp³-hybridized carbons (Fsp3) is 0.0667. The number of aromatic carboxylic acids is 1. The first kappa shape index (κ1) is 15.1. The molecule has 0 bridgehead atoms. The Morgan fingerprint density at radius 3 is 2.52 bits per heavy atom. The first-order valence-electron chi connectivity index (χ1n) is 6.03. The van der Waals surface area contributed by atoms with Crippen LogP contribution in [0.1, 0.15) is 26.3 Å². The molecule has 1 amide bonds. The Balaban J connectivity index is 2.28. The van der Waals surface area contributed by atoms with Crippen LogP contribution in [0, 0.1) is 6.92 Å². The van der Waals surface area contributed by atoms with Crippen molar-refractivity contribution in [2.24, 2.45) is 0 Å². The molecule has 0 aliphatic carbocycles. The molecule has 0 aromatic heterocycles. The minimum Gasteiger partial charge on any atom is -0.508 e. The maximum atomic E-state index is 12.2. The van der Waals surface area contributed by atoms with Crippen molar-refractivity contribution in [3.8, 4) is 5.75 Å². The van der Waals surface area contributed by atoms with Gasteiger partial charge in [-0.1, -0.05) is 6.07 Å². The van der Waals surface area contributed by atoms with Crippen LogP contribution in [0.3, 0.4) is 0 Å². The Morgan fingerprint density at radius 1 is 1.19 bits per heavy atom. The number of carboxylic acids is 1. The summed E-state index contributed by atoms with van der Waals surface area (Å²) < 4.78 is 0.466. The number of aromatic hydroxyl groups is 1. The van der Waals surface area contributed by atoms with Crippen molar-refractivity contribution < 1.29 is 19.8 Å². The molecule has 2 aromatic rings. The van der Waals surface area contributed by atoms with Gasteiger partial charge in [0.1, 0.15) is 5.75 Å². The van der Waals surface area contributed by atoms with Gasteiger partial charge in [0.15, 0.2) is 0 Å². The first-order valence-corrected chi connectivity index (χ1v) is 6.82. The molecule has 3 N–H and O–H groups in total. The second kappa shape index (κ2) is 5.97.